The highest BCUT2D eigenvalue weighted by Crippen LogP contribution is 2.28. The zero-order valence-corrected chi connectivity index (χ0v) is 13.5. The number of hydrogen-bond acceptors (Lipinski definition) is 6. The Hall–Kier alpha value is -3.23. The number of nitrogens with one attached hydrogen (secondary N) is 1. The summed E-state index contributed by atoms with van der Waals surface area (Å²) in [5.41, 5.74) is 0.219. The summed E-state index contributed by atoms with van der Waals surface area (Å²) in [5.74, 6) is 0.150. The van der Waals surface area contributed by atoms with Crippen LogP contribution in [0, 0.1) is 17.0 Å². The van der Waals surface area contributed by atoms with E-state index in [9.17, 15) is 19.7 Å². The molecule has 9 heteroatoms. The highest BCUT2D eigenvalue weighted by Gasteiger charge is 2.34. The summed E-state index contributed by atoms with van der Waals surface area (Å²) in [6.45, 7) is 1.59. The molecule has 130 valence electrons. The van der Waals surface area contributed by atoms with Gasteiger partial charge in [-0.25, -0.2) is 0 Å². The van der Waals surface area contributed by atoms with Gasteiger partial charge in [0.2, 0.25) is 5.91 Å². The van der Waals surface area contributed by atoms with E-state index in [0.717, 1.165) is 12.8 Å². The van der Waals surface area contributed by atoms with Crippen LogP contribution in [0.5, 0.6) is 0 Å². The van der Waals surface area contributed by atoms with E-state index in [1.807, 2.05) is 0 Å². The Morgan fingerprint density at radius 3 is 2.56 bits per heavy atom. The number of hydrogen-bond donors (Lipinski definition) is 1. The number of anilines is 1. The number of amides is 2. The first-order chi connectivity index (χ1) is 11.9. The van der Waals surface area contributed by atoms with Gasteiger partial charge in [0.15, 0.2) is 5.82 Å². The molecule has 1 heterocycles. The fourth-order valence-electron chi connectivity index (χ4n) is 2.41. The third kappa shape index (κ3) is 4.00. The van der Waals surface area contributed by atoms with E-state index >= 15 is 0 Å². The van der Waals surface area contributed by atoms with Crippen LogP contribution in [0.2, 0.25) is 0 Å². The van der Waals surface area contributed by atoms with Gasteiger partial charge in [-0.1, -0.05) is 5.16 Å². The number of nitro benzene ring substituents is 1. The Morgan fingerprint density at radius 1 is 1.36 bits per heavy atom. The predicted molar refractivity (Wildman–Crippen MR) is 87.0 cm³/mol. The van der Waals surface area contributed by atoms with Crippen LogP contribution in [0.3, 0.4) is 0 Å². The van der Waals surface area contributed by atoms with Crippen molar-refractivity contribution < 1.29 is 19.0 Å². The zero-order chi connectivity index (χ0) is 18.0. The minimum Gasteiger partial charge on any atom is -0.360 e. The van der Waals surface area contributed by atoms with Gasteiger partial charge in [-0.3, -0.25) is 19.7 Å². The minimum absolute atomic E-state index is 0.00693. The number of carbonyl (C=O) groups excluding carboxylic acids is 2. The summed E-state index contributed by atoms with van der Waals surface area (Å²) in [4.78, 5) is 36.5. The number of carbonyl (C=O) groups is 2. The summed E-state index contributed by atoms with van der Waals surface area (Å²) >= 11 is 0. The third-order valence-electron chi connectivity index (χ3n) is 3.78. The molecular formula is C16H16N4O5. The summed E-state index contributed by atoms with van der Waals surface area (Å²) in [6, 6.07) is 6.93. The van der Waals surface area contributed by atoms with E-state index in [0.29, 0.717) is 17.1 Å². The second-order valence-corrected chi connectivity index (χ2v) is 5.84. The van der Waals surface area contributed by atoms with E-state index in [-0.39, 0.29) is 30.1 Å². The highest BCUT2D eigenvalue weighted by molar-refractivity contribution is 5.99. The van der Waals surface area contributed by atoms with Crippen LogP contribution in [-0.4, -0.2) is 39.4 Å². The van der Waals surface area contributed by atoms with E-state index in [2.05, 4.69) is 10.5 Å². The van der Waals surface area contributed by atoms with Gasteiger partial charge in [-0.15, -0.1) is 0 Å². The average Bonchev–Trinajstić information content (AvgIpc) is 3.35. The van der Waals surface area contributed by atoms with Crippen molar-refractivity contribution in [2.75, 3.05) is 11.9 Å². The maximum absolute atomic E-state index is 12.6. The molecule has 1 aromatic carbocycles. The molecule has 0 unspecified atom stereocenters. The Labute approximate surface area is 142 Å². The van der Waals surface area contributed by atoms with Crippen molar-refractivity contribution in [2.45, 2.75) is 25.8 Å². The van der Waals surface area contributed by atoms with Crippen LogP contribution in [0.4, 0.5) is 11.5 Å². The number of nitrogens with zero attached hydrogens (tertiary/aromatic N) is 3. The molecule has 1 saturated carbocycles. The maximum Gasteiger partial charge on any atom is 0.269 e. The van der Waals surface area contributed by atoms with Crippen LogP contribution in [0.15, 0.2) is 34.9 Å². The number of nitro groups is 1. The average molecular weight is 344 g/mol. The van der Waals surface area contributed by atoms with Crippen molar-refractivity contribution in [3.8, 4) is 0 Å². The molecule has 2 amide bonds. The molecule has 1 aromatic heterocycles. The minimum atomic E-state index is -0.528. The lowest BCUT2D eigenvalue weighted by molar-refractivity contribution is -0.384. The first-order valence-corrected chi connectivity index (χ1v) is 7.72. The molecule has 9 nitrogen and oxygen atoms in total. The number of aromatic nitrogens is 1. The Morgan fingerprint density at radius 2 is 2.04 bits per heavy atom. The smallest absolute Gasteiger partial charge is 0.269 e. The molecule has 0 atom stereocenters. The second kappa shape index (κ2) is 6.71. The van der Waals surface area contributed by atoms with Gasteiger partial charge in [0.1, 0.15) is 12.3 Å². The van der Waals surface area contributed by atoms with Gasteiger partial charge in [-0.05, 0) is 31.9 Å². The number of aryl methyl sites for hydroxylation is 1. The molecular weight excluding hydrogens is 328 g/mol. The fraction of sp³-hybridized carbons (Fsp3) is 0.312. The molecule has 1 aliphatic rings. The number of rotatable bonds is 6. The summed E-state index contributed by atoms with van der Waals surface area (Å²) in [7, 11) is 0. The van der Waals surface area contributed by atoms with Crippen LogP contribution in [0.1, 0.15) is 29.0 Å². The largest absolute Gasteiger partial charge is 0.360 e. The van der Waals surface area contributed by atoms with Gasteiger partial charge in [0, 0.05) is 29.8 Å². The summed E-state index contributed by atoms with van der Waals surface area (Å²) in [5, 5.41) is 17.0. The predicted octanol–water partition coefficient (Wildman–Crippen LogP) is 2.13. The normalized spacial score (nSPS) is 13.3. The fourth-order valence-corrected chi connectivity index (χ4v) is 2.41. The van der Waals surface area contributed by atoms with Crippen molar-refractivity contribution in [2.24, 2.45) is 0 Å². The number of benzene rings is 1. The zero-order valence-electron chi connectivity index (χ0n) is 13.5. The molecule has 1 fully saturated rings. The second-order valence-electron chi connectivity index (χ2n) is 5.84. The van der Waals surface area contributed by atoms with E-state index in [4.69, 9.17) is 4.52 Å². The molecule has 0 bridgehead atoms. The quantitative estimate of drug-likeness (QED) is 0.633. The van der Waals surface area contributed by atoms with Crippen LogP contribution in [-0.2, 0) is 4.79 Å². The van der Waals surface area contributed by atoms with Crippen molar-refractivity contribution in [3.63, 3.8) is 0 Å². The molecule has 0 radical (unpaired) electrons. The van der Waals surface area contributed by atoms with Crippen molar-refractivity contribution in [1.82, 2.24) is 10.1 Å². The standard InChI is InChI=1S/C16H16N4O5/c1-10-8-14(18-25-10)17-15(21)9-19(12-6-7-12)16(22)11-2-4-13(5-3-11)20(23)24/h2-5,8,12H,6-7,9H2,1H3,(H,17,18,21). The summed E-state index contributed by atoms with van der Waals surface area (Å²) < 4.78 is 4.88. The molecule has 25 heavy (non-hydrogen) atoms. The first-order valence-electron chi connectivity index (χ1n) is 7.72. The Bertz CT molecular complexity index is 810. The lowest BCUT2D eigenvalue weighted by atomic mass is 10.1. The van der Waals surface area contributed by atoms with Gasteiger partial charge in [0.05, 0.1) is 4.92 Å². The third-order valence-corrected chi connectivity index (χ3v) is 3.78. The number of non-ortho nitro benzene ring substituents is 1. The SMILES string of the molecule is Cc1cc(NC(=O)CN(C(=O)c2ccc([N+](=O)[O-])cc2)C2CC2)no1. The topological polar surface area (TPSA) is 119 Å². The molecule has 0 spiro atoms. The highest BCUT2D eigenvalue weighted by atomic mass is 16.6. The van der Waals surface area contributed by atoms with E-state index < -0.39 is 4.92 Å². The lowest BCUT2D eigenvalue weighted by Gasteiger charge is -2.21. The van der Waals surface area contributed by atoms with Crippen LogP contribution >= 0.6 is 0 Å². The van der Waals surface area contributed by atoms with Crippen molar-refractivity contribution >= 4 is 23.3 Å². The molecule has 1 aliphatic carbocycles. The van der Waals surface area contributed by atoms with Crippen molar-refractivity contribution in [3.05, 3.63) is 51.8 Å². The first kappa shape index (κ1) is 16.6. The lowest BCUT2D eigenvalue weighted by Crippen LogP contribution is -2.39. The molecule has 3 rings (SSSR count). The van der Waals surface area contributed by atoms with E-state index in [1.54, 1.807) is 13.0 Å². The summed E-state index contributed by atoms with van der Waals surface area (Å²) in [6.07, 6.45) is 1.66. The van der Waals surface area contributed by atoms with E-state index in [1.165, 1.54) is 29.2 Å². The van der Waals surface area contributed by atoms with Crippen molar-refractivity contribution in [1.29, 1.82) is 0 Å². The maximum atomic E-state index is 12.6. The van der Waals surface area contributed by atoms with Gasteiger partial charge in [0.25, 0.3) is 11.6 Å². The Balaban J connectivity index is 1.68. The van der Waals surface area contributed by atoms with Gasteiger partial charge >= 0.3 is 0 Å². The molecule has 0 aliphatic heterocycles. The van der Waals surface area contributed by atoms with Gasteiger partial charge < -0.3 is 14.7 Å². The monoisotopic (exact) mass is 344 g/mol. The Kier molecular flexibility index (Phi) is 4.46. The molecule has 2 aromatic rings. The van der Waals surface area contributed by atoms with Crippen LogP contribution < -0.4 is 5.32 Å². The molecule has 1 N–H and O–H groups in total. The molecule has 0 saturated heterocycles. The van der Waals surface area contributed by atoms with Gasteiger partial charge in [-0.2, -0.15) is 0 Å². The van der Waals surface area contributed by atoms with Crippen LogP contribution in [0.25, 0.3) is 0 Å².